The van der Waals surface area contributed by atoms with Crippen LogP contribution in [-0.2, 0) is 0 Å². The van der Waals surface area contributed by atoms with Gasteiger partial charge >= 0.3 is 11.4 Å². The van der Waals surface area contributed by atoms with E-state index in [4.69, 9.17) is 0 Å². The van der Waals surface area contributed by atoms with Crippen molar-refractivity contribution in [3.63, 3.8) is 0 Å². The van der Waals surface area contributed by atoms with Crippen LogP contribution in [0.2, 0.25) is 0 Å². The fraction of sp³-hybridized carbons (Fsp3) is 0. The fourth-order valence-electron chi connectivity index (χ4n) is 1.65. The van der Waals surface area contributed by atoms with Crippen LogP contribution < -0.4 is 11.4 Å². The van der Waals surface area contributed by atoms with E-state index in [2.05, 4.69) is 15.2 Å². The van der Waals surface area contributed by atoms with Gasteiger partial charge < -0.3 is 4.98 Å². The summed E-state index contributed by atoms with van der Waals surface area (Å²) in [5, 5.41) is 6.20. The van der Waals surface area contributed by atoms with E-state index < -0.39 is 17.2 Å². The maximum absolute atomic E-state index is 13.1. The normalized spacial score (nSPS) is 11.3. The van der Waals surface area contributed by atoms with Gasteiger partial charge in [0.25, 0.3) is 0 Å². The summed E-state index contributed by atoms with van der Waals surface area (Å²) in [4.78, 5) is 25.2. The lowest BCUT2D eigenvalue weighted by molar-refractivity contribution is 0.629. The van der Waals surface area contributed by atoms with E-state index in [-0.39, 0.29) is 5.65 Å². The molecule has 0 radical (unpaired) electrons. The molecule has 7 heteroatoms. The van der Waals surface area contributed by atoms with Gasteiger partial charge in [0.2, 0.25) is 0 Å². The second-order valence-corrected chi connectivity index (χ2v) is 3.31. The van der Waals surface area contributed by atoms with Crippen molar-refractivity contribution >= 4 is 16.6 Å². The minimum atomic E-state index is -0.651. The largest absolute Gasteiger partial charge is 0.351 e. The van der Waals surface area contributed by atoms with Crippen molar-refractivity contribution in [3.8, 4) is 0 Å². The molecule has 0 aliphatic heterocycles. The Morgan fingerprint density at radius 1 is 1.25 bits per heavy atom. The highest BCUT2D eigenvalue weighted by atomic mass is 19.1. The molecule has 0 aliphatic rings. The van der Waals surface area contributed by atoms with Gasteiger partial charge in [0.15, 0.2) is 5.65 Å². The summed E-state index contributed by atoms with van der Waals surface area (Å²) in [5.74, 6) is -0.461. The van der Waals surface area contributed by atoms with Gasteiger partial charge in [-0.25, -0.2) is 19.1 Å². The third-order valence-electron chi connectivity index (χ3n) is 2.34. The van der Waals surface area contributed by atoms with Crippen LogP contribution in [0.4, 0.5) is 4.39 Å². The molecular formula is C9H5FN4O2. The van der Waals surface area contributed by atoms with E-state index in [1.807, 2.05) is 0 Å². The Morgan fingerprint density at radius 3 is 2.88 bits per heavy atom. The van der Waals surface area contributed by atoms with Gasteiger partial charge in [-0.05, 0) is 18.2 Å². The Morgan fingerprint density at radius 2 is 2.06 bits per heavy atom. The Labute approximate surface area is 86.3 Å². The number of benzene rings is 1. The quantitative estimate of drug-likeness (QED) is 0.559. The Balaban J connectivity index is 2.72. The van der Waals surface area contributed by atoms with Crippen LogP contribution in [0.1, 0.15) is 0 Å². The summed E-state index contributed by atoms with van der Waals surface area (Å²) < 4.78 is 13.9. The highest BCUT2D eigenvalue weighted by molar-refractivity contribution is 5.90. The van der Waals surface area contributed by atoms with Crippen LogP contribution in [0.5, 0.6) is 0 Å². The summed E-state index contributed by atoms with van der Waals surface area (Å²) in [6.07, 6.45) is 0. The second kappa shape index (κ2) is 2.78. The van der Waals surface area contributed by atoms with E-state index >= 15 is 0 Å². The Kier molecular flexibility index (Phi) is 1.54. The lowest BCUT2D eigenvalue weighted by atomic mass is 10.2. The number of rotatable bonds is 0. The van der Waals surface area contributed by atoms with Crippen LogP contribution >= 0.6 is 0 Å². The number of nitrogens with zero attached hydrogens (tertiary/aromatic N) is 2. The SMILES string of the molecule is O=c1[nH]nc2c3cc(F)ccc3[nH]c(=O)n12. The summed E-state index contributed by atoms with van der Waals surface area (Å²) in [6, 6.07) is 3.85. The minimum Gasteiger partial charge on any atom is -0.306 e. The van der Waals surface area contributed by atoms with Crippen molar-refractivity contribution in [2.75, 3.05) is 0 Å². The van der Waals surface area contributed by atoms with Crippen molar-refractivity contribution in [1.82, 2.24) is 19.6 Å². The van der Waals surface area contributed by atoms with E-state index in [9.17, 15) is 14.0 Å². The van der Waals surface area contributed by atoms with Crippen LogP contribution in [0.15, 0.2) is 27.8 Å². The Hall–Kier alpha value is -2.44. The zero-order valence-electron chi connectivity index (χ0n) is 7.82. The topological polar surface area (TPSA) is 83.0 Å². The lowest BCUT2D eigenvalue weighted by Gasteiger charge is -1.98. The number of nitrogens with one attached hydrogen (secondary N) is 2. The molecule has 6 nitrogen and oxygen atoms in total. The zero-order valence-corrected chi connectivity index (χ0v) is 7.82. The van der Waals surface area contributed by atoms with Crippen LogP contribution in [0, 0.1) is 5.82 Å². The standard InChI is InChI=1S/C9H5FN4O2/c10-4-1-2-6-5(3-4)7-12-13-9(16)14(7)8(15)11-6/h1-3H,(H,11,15)(H,13,16). The molecule has 16 heavy (non-hydrogen) atoms. The maximum Gasteiger partial charge on any atom is 0.351 e. The van der Waals surface area contributed by atoms with Gasteiger partial charge in [0.1, 0.15) is 5.82 Å². The van der Waals surface area contributed by atoms with E-state index in [1.165, 1.54) is 18.2 Å². The second-order valence-electron chi connectivity index (χ2n) is 3.31. The molecule has 0 aliphatic carbocycles. The summed E-state index contributed by atoms with van der Waals surface area (Å²) >= 11 is 0. The van der Waals surface area contributed by atoms with Crippen molar-refractivity contribution in [1.29, 1.82) is 0 Å². The fourth-order valence-corrected chi connectivity index (χ4v) is 1.65. The first kappa shape index (κ1) is 8.84. The number of H-pyrrole nitrogens is 2. The molecule has 0 spiro atoms. The first-order chi connectivity index (χ1) is 7.66. The van der Waals surface area contributed by atoms with Gasteiger partial charge in [-0.3, -0.25) is 0 Å². The molecule has 0 fully saturated rings. The molecule has 0 atom stereocenters. The number of halogens is 1. The average molecular weight is 220 g/mol. The number of hydrogen-bond donors (Lipinski definition) is 2. The molecule has 0 unspecified atom stereocenters. The average Bonchev–Trinajstić information content (AvgIpc) is 2.63. The predicted octanol–water partition coefficient (Wildman–Crippen LogP) is 0.00320. The van der Waals surface area contributed by atoms with Crippen molar-refractivity contribution in [3.05, 3.63) is 45.0 Å². The third-order valence-corrected chi connectivity index (χ3v) is 2.34. The number of fused-ring (bicyclic) bond motifs is 3. The first-order valence-electron chi connectivity index (χ1n) is 4.45. The number of aromatic nitrogens is 4. The van der Waals surface area contributed by atoms with E-state index in [0.29, 0.717) is 10.9 Å². The zero-order chi connectivity index (χ0) is 11.3. The highest BCUT2D eigenvalue weighted by Crippen LogP contribution is 2.14. The number of hydrogen-bond acceptors (Lipinski definition) is 3. The maximum atomic E-state index is 13.1. The van der Waals surface area contributed by atoms with Gasteiger partial charge in [0.05, 0.1) is 5.52 Å². The molecule has 0 amide bonds. The monoisotopic (exact) mass is 220 g/mol. The lowest BCUT2D eigenvalue weighted by Crippen LogP contribution is -2.25. The first-order valence-corrected chi connectivity index (χ1v) is 4.45. The van der Waals surface area contributed by atoms with Gasteiger partial charge in [-0.1, -0.05) is 0 Å². The molecule has 80 valence electrons. The van der Waals surface area contributed by atoms with E-state index in [1.54, 1.807) is 0 Å². The molecule has 2 heterocycles. The van der Waals surface area contributed by atoms with Crippen LogP contribution in [-0.4, -0.2) is 19.6 Å². The summed E-state index contributed by atoms with van der Waals surface area (Å²) in [5.41, 5.74) is -0.712. The molecule has 2 N–H and O–H groups in total. The molecule has 0 saturated carbocycles. The van der Waals surface area contributed by atoms with Crippen LogP contribution in [0.25, 0.3) is 16.6 Å². The minimum absolute atomic E-state index is 0.114. The smallest absolute Gasteiger partial charge is 0.306 e. The third kappa shape index (κ3) is 1.02. The van der Waals surface area contributed by atoms with Gasteiger partial charge in [-0.15, -0.1) is 0 Å². The van der Waals surface area contributed by atoms with Crippen molar-refractivity contribution < 1.29 is 4.39 Å². The molecule has 1 aromatic carbocycles. The molecule has 0 saturated heterocycles. The van der Waals surface area contributed by atoms with Gasteiger partial charge in [-0.2, -0.15) is 9.50 Å². The van der Waals surface area contributed by atoms with Crippen molar-refractivity contribution in [2.45, 2.75) is 0 Å². The van der Waals surface area contributed by atoms with Crippen molar-refractivity contribution in [2.24, 2.45) is 0 Å². The summed E-state index contributed by atoms with van der Waals surface area (Å²) in [6.45, 7) is 0. The number of aromatic amines is 2. The molecular weight excluding hydrogens is 215 g/mol. The van der Waals surface area contributed by atoms with Gasteiger partial charge in [0, 0.05) is 5.39 Å². The summed E-state index contributed by atoms with van der Waals surface area (Å²) in [7, 11) is 0. The molecule has 3 aromatic rings. The molecule has 3 rings (SSSR count). The predicted molar refractivity (Wildman–Crippen MR) is 53.9 cm³/mol. The van der Waals surface area contributed by atoms with E-state index in [0.717, 1.165) is 4.40 Å². The van der Waals surface area contributed by atoms with Crippen LogP contribution in [0.3, 0.4) is 0 Å². The molecule has 2 aromatic heterocycles. The Bertz CT molecular complexity index is 814. The molecule has 0 bridgehead atoms. The highest BCUT2D eigenvalue weighted by Gasteiger charge is 2.09.